The lowest BCUT2D eigenvalue weighted by atomic mass is 10.2. The zero-order chi connectivity index (χ0) is 17.6. The second-order valence-corrected chi connectivity index (χ2v) is 5.45. The molecule has 1 amide bonds. The molecule has 6 heteroatoms. The number of aromatic nitrogens is 2. The molecule has 0 fully saturated rings. The van der Waals surface area contributed by atoms with Crippen LogP contribution in [0.5, 0.6) is 5.75 Å². The van der Waals surface area contributed by atoms with Gasteiger partial charge in [0.25, 0.3) is 0 Å². The van der Waals surface area contributed by atoms with Gasteiger partial charge < -0.3 is 14.1 Å². The number of rotatable bonds is 6. The van der Waals surface area contributed by atoms with Gasteiger partial charge in [-0.15, -0.1) is 10.2 Å². The van der Waals surface area contributed by atoms with Crippen LogP contribution >= 0.6 is 0 Å². The summed E-state index contributed by atoms with van der Waals surface area (Å²) in [6.45, 7) is 2.96. The maximum Gasteiger partial charge on any atom is 0.311 e. The number of carbonyl (C=O) groups is 1. The van der Waals surface area contributed by atoms with Gasteiger partial charge in [0.05, 0.1) is 7.11 Å². The summed E-state index contributed by atoms with van der Waals surface area (Å²) in [5.74, 6) is 0.753. The van der Waals surface area contributed by atoms with Crippen LogP contribution in [0.2, 0.25) is 0 Å². The maximum atomic E-state index is 12.6. The van der Waals surface area contributed by atoms with Gasteiger partial charge in [-0.2, -0.15) is 0 Å². The van der Waals surface area contributed by atoms with Gasteiger partial charge in [-0.25, -0.2) is 0 Å². The molecule has 6 nitrogen and oxygen atoms in total. The van der Waals surface area contributed by atoms with Gasteiger partial charge in [-0.1, -0.05) is 30.3 Å². The number of ether oxygens (including phenoxy) is 1. The summed E-state index contributed by atoms with van der Waals surface area (Å²) >= 11 is 0. The number of nitrogens with zero attached hydrogens (tertiary/aromatic N) is 3. The van der Waals surface area contributed by atoms with Gasteiger partial charge in [-0.05, 0) is 36.8 Å². The van der Waals surface area contributed by atoms with Gasteiger partial charge >= 0.3 is 11.8 Å². The normalized spacial score (nSPS) is 10.5. The number of carbonyl (C=O) groups excluding carboxylic acids is 1. The van der Waals surface area contributed by atoms with Crippen LogP contribution in [-0.2, 0) is 6.54 Å². The Kier molecular flexibility index (Phi) is 5.09. The highest BCUT2D eigenvalue weighted by molar-refractivity contribution is 5.89. The minimum Gasteiger partial charge on any atom is -0.497 e. The Morgan fingerprint density at radius 3 is 2.44 bits per heavy atom. The molecule has 0 spiro atoms. The van der Waals surface area contributed by atoms with Crippen molar-refractivity contribution >= 4 is 5.91 Å². The summed E-state index contributed by atoms with van der Waals surface area (Å²) in [5.41, 5.74) is 1.78. The van der Waals surface area contributed by atoms with Crippen LogP contribution in [0.15, 0.2) is 59.0 Å². The Labute approximate surface area is 146 Å². The van der Waals surface area contributed by atoms with Crippen molar-refractivity contribution in [3.63, 3.8) is 0 Å². The topological polar surface area (TPSA) is 68.5 Å². The molecule has 0 saturated carbocycles. The molecule has 0 unspecified atom stereocenters. The third-order valence-electron chi connectivity index (χ3n) is 3.83. The largest absolute Gasteiger partial charge is 0.497 e. The van der Waals surface area contributed by atoms with Crippen LogP contribution in [0.25, 0.3) is 11.5 Å². The molecule has 0 N–H and O–H groups in total. The molecule has 0 bridgehead atoms. The Morgan fingerprint density at radius 1 is 1.08 bits per heavy atom. The SMILES string of the molecule is CCN(Cc1ccccc1)C(=O)c1nnc(-c2ccc(OC)cc2)o1. The van der Waals surface area contributed by atoms with E-state index in [0.717, 1.165) is 16.9 Å². The lowest BCUT2D eigenvalue weighted by Gasteiger charge is -2.18. The molecule has 0 radical (unpaired) electrons. The molecule has 0 aliphatic carbocycles. The first kappa shape index (κ1) is 16.7. The van der Waals surface area contributed by atoms with Gasteiger partial charge in [-0.3, -0.25) is 4.79 Å². The first-order valence-electron chi connectivity index (χ1n) is 8.02. The quantitative estimate of drug-likeness (QED) is 0.689. The average Bonchev–Trinajstić information content (AvgIpc) is 3.16. The predicted octanol–water partition coefficient (Wildman–Crippen LogP) is 3.41. The fourth-order valence-corrected chi connectivity index (χ4v) is 2.43. The zero-order valence-electron chi connectivity index (χ0n) is 14.2. The van der Waals surface area contributed by atoms with Gasteiger partial charge in [0, 0.05) is 18.7 Å². The minimum absolute atomic E-state index is 0.0106. The van der Waals surface area contributed by atoms with E-state index in [4.69, 9.17) is 9.15 Å². The highest BCUT2D eigenvalue weighted by atomic mass is 16.5. The van der Waals surface area contributed by atoms with Gasteiger partial charge in [0.2, 0.25) is 5.89 Å². The maximum absolute atomic E-state index is 12.6. The van der Waals surface area contributed by atoms with E-state index < -0.39 is 0 Å². The van der Waals surface area contributed by atoms with Crippen LogP contribution in [0, 0.1) is 0 Å². The van der Waals surface area contributed by atoms with E-state index in [1.165, 1.54) is 0 Å². The Hall–Kier alpha value is -3.15. The predicted molar refractivity (Wildman–Crippen MR) is 93.1 cm³/mol. The lowest BCUT2D eigenvalue weighted by Crippen LogP contribution is -2.30. The van der Waals surface area contributed by atoms with E-state index in [-0.39, 0.29) is 11.8 Å². The van der Waals surface area contributed by atoms with E-state index in [9.17, 15) is 4.79 Å². The summed E-state index contributed by atoms with van der Waals surface area (Å²) in [7, 11) is 1.60. The van der Waals surface area contributed by atoms with Crippen LogP contribution in [-0.4, -0.2) is 34.7 Å². The van der Waals surface area contributed by atoms with Crippen molar-refractivity contribution in [2.75, 3.05) is 13.7 Å². The van der Waals surface area contributed by atoms with Gasteiger partial charge in [0.1, 0.15) is 5.75 Å². The van der Waals surface area contributed by atoms with Crippen LogP contribution < -0.4 is 4.74 Å². The lowest BCUT2D eigenvalue weighted by molar-refractivity contribution is 0.0713. The van der Waals surface area contributed by atoms with E-state index >= 15 is 0 Å². The molecular weight excluding hydrogens is 318 g/mol. The first-order chi connectivity index (χ1) is 12.2. The molecule has 3 rings (SSSR count). The summed E-state index contributed by atoms with van der Waals surface area (Å²) in [4.78, 5) is 14.3. The molecule has 2 aromatic carbocycles. The molecule has 0 aliphatic rings. The van der Waals surface area contributed by atoms with E-state index in [1.54, 1.807) is 24.1 Å². The van der Waals surface area contributed by atoms with E-state index in [0.29, 0.717) is 19.0 Å². The van der Waals surface area contributed by atoms with E-state index in [1.807, 2.05) is 49.4 Å². The second kappa shape index (κ2) is 7.61. The highest BCUT2D eigenvalue weighted by Gasteiger charge is 2.21. The Balaban J connectivity index is 1.76. The third kappa shape index (κ3) is 3.85. The van der Waals surface area contributed by atoms with Crippen molar-refractivity contribution in [3.8, 4) is 17.2 Å². The summed E-state index contributed by atoms with van der Waals surface area (Å²) in [6, 6.07) is 17.0. The number of hydrogen-bond donors (Lipinski definition) is 0. The molecule has 0 atom stereocenters. The van der Waals surface area contributed by atoms with Gasteiger partial charge in [0.15, 0.2) is 0 Å². The summed E-state index contributed by atoms with van der Waals surface area (Å²) in [6.07, 6.45) is 0. The molecule has 1 heterocycles. The van der Waals surface area contributed by atoms with Crippen molar-refractivity contribution < 1.29 is 13.9 Å². The molecule has 0 aliphatic heterocycles. The monoisotopic (exact) mass is 337 g/mol. The average molecular weight is 337 g/mol. The summed E-state index contributed by atoms with van der Waals surface area (Å²) in [5, 5.41) is 7.89. The van der Waals surface area contributed by atoms with E-state index in [2.05, 4.69) is 10.2 Å². The number of hydrogen-bond acceptors (Lipinski definition) is 5. The molecule has 3 aromatic rings. The molecule has 128 valence electrons. The van der Waals surface area contributed by atoms with Crippen molar-refractivity contribution in [2.24, 2.45) is 0 Å². The Morgan fingerprint density at radius 2 is 1.80 bits per heavy atom. The highest BCUT2D eigenvalue weighted by Crippen LogP contribution is 2.21. The third-order valence-corrected chi connectivity index (χ3v) is 3.83. The van der Waals surface area contributed by atoms with Crippen molar-refractivity contribution in [3.05, 3.63) is 66.1 Å². The van der Waals surface area contributed by atoms with Crippen LogP contribution in [0.1, 0.15) is 23.2 Å². The second-order valence-electron chi connectivity index (χ2n) is 5.45. The minimum atomic E-state index is -0.279. The van der Waals surface area contributed by atoms with Crippen molar-refractivity contribution in [1.29, 1.82) is 0 Å². The standard InChI is InChI=1S/C19H19N3O3/c1-3-22(13-14-7-5-4-6-8-14)19(23)18-21-20-17(25-18)15-9-11-16(24-2)12-10-15/h4-12H,3,13H2,1-2H3. The number of benzene rings is 2. The van der Waals surface area contributed by atoms with Crippen LogP contribution in [0.4, 0.5) is 0 Å². The molecular formula is C19H19N3O3. The molecule has 0 saturated heterocycles. The van der Waals surface area contributed by atoms with Crippen molar-refractivity contribution in [2.45, 2.75) is 13.5 Å². The smallest absolute Gasteiger partial charge is 0.311 e. The molecule has 1 aromatic heterocycles. The number of amides is 1. The molecule has 25 heavy (non-hydrogen) atoms. The summed E-state index contributed by atoms with van der Waals surface area (Å²) < 4.78 is 10.7. The fourth-order valence-electron chi connectivity index (χ4n) is 2.43. The number of methoxy groups -OCH3 is 1. The fraction of sp³-hybridized carbons (Fsp3) is 0.211. The zero-order valence-corrected chi connectivity index (χ0v) is 14.2. The first-order valence-corrected chi connectivity index (χ1v) is 8.02. The van der Waals surface area contributed by atoms with Crippen LogP contribution in [0.3, 0.4) is 0 Å². The van der Waals surface area contributed by atoms with Crippen molar-refractivity contribution in [1.82, 2.24) is 15.1 Å². The Bertz CT molecular complexity index is 829.